The van der Waals surface area contributed by atoms with Crippen molar-refractivity contribution in [2.45, 2.75) is 0 Å². The number of rotatable bonds is 0. The Labute approximate surface area is 62.4 Å². The molecule has 6 heteroatoms. The molecule has 0 saturated heterocycles. The Morgan fingerprint density at radius 1 is 1.17 bits per heavy atom. The first kappa shape index (κ1) is 15.7. The molecule has 0 atom stereocenters. The van der Waals surface area contributed by atoms with E-state index >= 15 is 0 Å². The van der Waals surface area contributed by atoms with Gasteiger partial charge in [-0.1, -0.05) is 0 Å². The summed E-state index contributed by atoms with van der Waals surface area (Å²) in [6.07, 6.45) is 0. The zero-order chi connectivity index (χ0) is 3.58. The molecule has 0 spiro atoms. The zero-order valence-corrected chi connectivity index (χ0v) is 6.59. The summed E-state index contributed by atoms with van der Waals surface area (Å²) in [4.78, 5) is 0. The van der Waals surface area contributed by atoms with Gasteiger partial charge in [0.25, 0.3) is 0 Å². The van der Waals surface area contributed by atoms with Gasteiger partial charge in [0, 0.05) is 19.5 Å². The molecule has 0 aromatic carbocycles. The Balaban J connectivity index is -0.0000000150. The molecule has 0 heterocycles. The van der Waals surface area contributed by atoms with Crippen molar-refractivity contribution >= 4 is 7.32 Å². The van der Waals surface area contributed by atoms with E-state index in [2.05, 4.69) is 0 Å². The van der Waals surface area contributed by atoms with E-state index in [0.29, 0.717) is 0 Å². The van der Waals surface area contributed by atoms with Gasteiger partial charge in [0.05, 0.1) is 0 Å². The maximum Gasteiger partial charge on any atom is 1.00 e. The minimum absolute atomic E-state index is 0. The summed E-state index contributed by atoms with van der Waals surface area (Å²) >= 11 is 0. The predicted octanol–water partition coefficient (Wildman–Crippen LogP) is -4.94. The van der Waals surface area contributed by atoms with Crippen molar-refractivity contribution in [3.63, 3.8) is 0 Å². The third-order valence-corrected chi connectivity index (χ3v) is 0. The van der Waals surface area contributed by atoms with Crippen LogP contribution in [0.15, 0.2) is 0 Å². The Bertz CT molecular complexity index is 19.7. The molecule has 0 aromatic heterocycles. The van der Waals surface area contributed by atoms with Crippen LogP contribution in [0.3, 0.4) is 0 Å². The van der Waals surface area contributed by atoms with Crippen LogP contribution in [0.2, 0.25) is 0 Å². The van der Waals surface area contributed by atoms with Crippen molar-refractivity contribution in [1.82, 2.24) is 0 Å². The second-order valence-corrected chi connectivity index (χ2v) is 0.346. The summed E-state index contributed by atoms with van der Waals surface area (Å²) < 4.78 is 0. The first-order valence-electron chi connectivity index (χ1n) is 0.775. The normalized spacial score (nSPS) is 4.50. The van der Waals surface area contributed by atoms with Gasteiger partial charge >= 0.3 is 26.2 Å². The predicted molar refractivity (Wildman–Crippen MR) is 13.5 cm³/mol. The number of hydrogen-bond donors (Lipinski definition) is 3. The minimum Gasteiger partial charge on any atom is -1.00 e. The second-order valence-electron chi connectivity index (χ2n) is 0.346. The molecule has 0 unspecified atom stereocenters. The van der Waals surface area contributed by atoms with Gasteiger partial charge in [0.15, 0.2) is 0 Å². The summed E-state index contributed by atoms with van der Waals surface area (Å²) in [6, 6.07) is 0. The smallest absolute Gasteiger partial charge is 1.00 e. The molecule has 0 aliphatic heterocycles. The van der Waals surface area contributed by atoms with Crippen LogP contribution >= 0.6 is 0 Å². The monoisotopic (exact) mass is 134 g/mol. The fourth-order valence-electron chi connectivity index (χ4n) is 0. The molecule has 3 nitrogen and oxygen atoms in total. The molecule has 0 radical (unpaired) electrons. The summed E-state index contributed by atoms with van der Waals surface area (Å²) in [6.45, 7) is 0. The molecular formula is H4BLiO3Zn. The second kappa shape index (κ2) is 9.48. The summed E-state index contributed by atoms with van der Waals surface area (Å²) in [7, 11) is -2.17. The summed E-state index contributed by atoms with van der Waals surface area (Å²) in [5.74, 6) is 0. The fourth-order valence-corrected chi connectivity index (χ4v) is 0. The Morgan fingerprint density at radius 2 is 1.17 bits per heavy atom. The van der Waals surface area contributed by atoms with Crippen LogP contribution in [-0.2, 0) is 19.5 Å². The zero-order valence-electron chi connectivity index (χ0n) is 4.63. The van der Waals surface area contributed by atoms with Gasteiger partial charge in [-0.25, -0.2) is 0 Å². The van der Waals surface area contributed by atoms with E-state index in [1.165, 1.54) is 0 Å². The van der Waals surface area contributed by atoms with E-state index in [4.69, 9.17) is 15.1 Å². The van der Waals surface area contributed by atoms with Gasteiger partial charge in [0.2, 0.25) is 0 Å². The fraction of sp³-hybridized carbons (Fsp3) is 0. The topological polar surface area (TPSA) is 60.7 Å². The van der Waals surface area contributed by atoms with Crippen LogP contribution in [0.4, 0.5) is 0 Å². The quantitative estimate of drug-likeness (QED) is 0.292. The molecule has 0 fully saturated rings. The standard InChI is InChI=1S/BH3O3.Li.Zn.H/c2-1(3)4;;;/h2-4H;;;/q;+1;;-1. The maximum atomic E-state index is 7.17. The Morgan fingerprint density at radius 3 is 1.17 bits per heavy atom. The third kappa shape index (κ3) is 66.0. The largest absolute Gasteiger partial charge is 1.00 e. The molecule has 28 valence electrons. The summed E-state index contributed by atoms with van der Waals surface area (Å²) in [5, 5.41) is 21.5. The van der Waals surface area contributed by atoms with Gasteiger partial charge < -0.3 is 16.5 Å². The van der Waals surface area contributed by atoms with Gasteiger partial charge in [-0.2, -0.15) is 0 Å². The van der Waals surface area contributed by atoms with E-state index in [1.54, 1.807) is 0 Å². The van der Waals surface area contributed by atoms with Crippen LogP contribution in [0.1, 0.15) is 1.43 Å². The molecule has 0 aliphatic rings. The van der Waals surface area contributed by atoms with Crippen molar-refractivity contribution in [2.24, 2.45) is 0 Å². The molecule has 0 aliphatic carbocycles. The Hall–Kier alpha value is 1.17. The van der Waals surface area contributed by atoms with Gasteiger partial charge in [0.1, 0.15) is 0 Å². The third-order valence-electron chi connectivity index (χ3n) is 0. The van der Waals surface area contributed by atoms with Gasteiger partial charge in [-0.15, -0.1) is 0 Å². The SMILES string of the molecule is OB(O)O.[H-].[Li+].[Zn]. The van der Waals surface area contributed by atoms with Crippen molar-refractivity contribution < 1.29 is 54.8 Å². The van der Waals surface area contributed by atoms with Crippen molar-refractivity contribution in [2.75, 3.05) is 0 Å². The van der Waals surface area contributed by atoms with Gasteiger partial charge in [-0.3, -0.25) is 0 Å². The van der Waals surface area contributed by atoms with Crippen molar-refractivity contribution in [1.29, 1.82) is 0 Å². The molecule has 0 rings (SSSR count). The Kier molecular flexibility index (Phi) is 24.8. The van der Waals surface area contributed by atoms with E-state index < -0.39 is 7.32 Å². The average molecular weight is 135 g/mol. The van der Waals surface area contributed by atoms with Crippen LogP contribution in [0.25, 0.3) is 0 Å². The minimum atomic E-state index is -2.17. The van der Waals surface area contributed by atoms with E-state index in [1.807, 2.05) is 0 Å². The van der Waals surface area contributed by atoms with E-state index in [-0.39, 0.29) is 39.8 Å². The summed E-state index contributed by atoms with van der Waals surface area (Å²) in [5.41, 5.74) is 0. The molecule has 6 heavy (non-hydrogen) atoms. The first-order chi connectivity index (χ1) is 1.73. The molecule has 0 amide bonds. The van der Waals surface area contributed by atoms with Crippen LogP contribution < -0.4 is 18.9 Å². The van der Waals surface area contributed by atoms with Crippen molar-refractivity contribution in [3.05, 3.63) is 0 Å². The molecular weight excluding hydrogens is 131 g/mol. The van der Waals surface area contributed by atoms with Crippen LogP contribution in [-0.4, -0.2) is 22.4 Å². The van der Waals surface area contributed by atoms with E-state index in [0.717, 1.165) is 0 Å². The molecule has 0 aromatic rings. The van der Waals surface area contributed by atoms with Crippen LogP contribution in [0.5, 0.6) is 0 Å². The molecule has 3 N–H and O–H groups in total. The van der Waals surface area contributed by atoms with Gasteiger partial charge in [-0.05, 0) is 0 Å². The first-order valence-corrected chi connectivity index (χ1v) is 0.775. The average Bonchev–Trinajstić information content (AvgIpc) is 0.811. The number of hydrogen-bond acceptors (Lipinski definition) is 3. The van der Waals surface area contributed by atoms with Crippen molar-refractivity contribution in [3.8, 4) is 0 Å². The molecule has 0 saturated carbocycles. The van der Waals surface area contributed by atoms with E-state index in [9.17, 15) is 0 Å². The maximum absolute atomic E-state index is 7.17. The van der Waals surface area contributed by atoms with Crippen LogP contribution in [0, 0.1) is 0 Å². The molecule has 0 bridgehead atoms.